The van der Waals surface area contributed by atoms with Crippen molar-refractivity contribution in [2.24, 2.45) is 0 Å². The van der Waals surface area contributed by atoms with E-state index in [9.17, 15) is 0 Å². The van der Waals surface area contributed by atoms with Crippen LogP contribution in [0, 0.1) is 20.8 Å². The summed E-state index contributed by atoms with van der Waals surface area (Å²) in [5.41, 5.74) is 3.12. The van der Waals surface area contributed by atoms with Crippen LogP contribution in [0.3, 0.4) is 0 Å². The quantitative estimate of drug-likeness (QED) is 0.865. The van der Waals surface area contributed by atoms with Gasteiger partial charge in [-0.05, 0) is 51.8 Å². The molecular weight excluding hydrogens is 284 g/mol. The molecule has 0 atom stereocenters. The maximum atomic E-state index is 6.33. The minimum atomic E-state index is 0.317. The van der Waals surface area contributed by atoms with Crippen LogP contribution >= 0.6 is 11.6 Å². The van der Waals surface area contributed by atoms with Crippen molar-refractivity contribution in [3.05, 3.63) is 40.2 Å². The molecule has 21 heavy (non-hydrogen) atoms. The van der Waals surface area contributed by atoms with E-state index in [1.165, 1.54) is 0 Å². The lowest BCUT2D eigenvalue weighted by atomic mass is 10.1. The Morgan fingerprint density at radius 2 is 1.67 bits per heavy atom. The van der Waals surface area contributed by atoms with Gasteiger partial charge in [-0.15, -0.1) is 0 Å². The highest BCUT2D eigenvalue weighted by Crippen LogP contribution is 2.30. The van der Waals surface area contributed by atoms with E-state index in [2.05, 4.69) is 40.5 Å². The molecule has 0 saturated heterocycles. The molecule has 0 aliphatic rings. The topological polar surface area (TPSA) is 49.8 Å². The molecule has 2 rings (SSSR count). The highest BCUT2D eigenvalue weighted by Gasteiger charge is 2.09. The molecule has 0 unspecified atom stereocenters. The molecule has 0 aliphatic carbocycles. The molecular formula is C16H21ClN4. The second-order valence-corrected chi connectivity index (χ2v) is 5.96. The third-order valence-corrected chi connectivity index (χ3v) is 3.26. The summed E-state index contributed by atoms with van der Waals surface area (Å²) in [4.78, 5) is 8.80. The summed E-state index contributed by atoms with van der Waals surface area (Å²) in [6.45, 7) is 10.1. The Hall–Kier alpha value is -1.81. The van der Waals surface area contributed by atoms with Gasteiger partial charge < -0.3 is 10.6 Å². The average Bonchev–Trinajstić information content (AvgIpc) is 2.32. The molecule has 0 spiro atoms. The fraction of sp³-hybridized carbons (Fsp3) is 0.375. The largest absolute Gasteiger partial charge is 0.368 e. The van der Waals surface area contributed by atoms with Gasteiger partial charge in [0.15, 0.2) is 0 Å². The number of anilines is 3. The van der Waals surface area contributed by atoms with Gasteiger partial charge in [-0.1, -0.05) is 17.7 Å². The van der Waals surface area contributed by atoms with E-state index in [-0.39, 0.29) is 0 Å². The van der Waals surface area contributed by atoms with Gasteiger partial charge in [0.05, 0.1) is 10.7 Å². The van der Waals surface area contributed by atoms with Crippen molar-refractivity contribution < 1.29 is 0 Å². The van der Waals surface area contributed by atoms with Gasteiger partial charge in [-0.3, -0.25) is 0 Å². The molecule has 0 bridgehead atoms. The van der Waals surface area contributed by atoms with Gasteiger partial charge >= 0.3 is 0 Å². The van der Waals surface area contributed by atoms with Crippen molar-refractivity contribution in [1.82, 2.24) is 9.97 Å². The van der Waals surface area contributed by atoms with E-state index >= 15 is 0 Å². The molecule has 5 heteroatoms. The summed E-state index contributed by atoms with van der Waals surface area (Å²) >= 11 is 6.33. The van der Waals surface area contributed by atoms with E-state index in [4.69, 9.17) is 11.6 Å². The first-order valence-corrected chi connectivity index (χ1v) is 7.39. The summed E-state index contributed by atoms with van der Waals surface area (Å²) in [7, 11) is 0. The molecule has 2 aromatic rings. The Morgan fingerprint density at radius 1 is 1.00 bits per heavy atom. The Balaban J connectivity index is 2.33. The maximum absolute atomic E-state index is 6.33. The number of halogens is 1. The van der Waals surface area contributed by atoms with Crippen LogP contribution < -0.4 is 10.6 Å². The molecule has 2 N–H and O–H groups in total. The Bertz CT molecular complexity index is 630. The number of nitrogens with one attached hydrogen (secondary N) is 2. The molecule has 4 nitrogen and oxygen atoms in total. The van der Waals surface area contributed by atoms with E-state index in [1.807, 2.05) is 32.9 Å². The van der Waals surface area contributed by atoms with Crippen LogP contribution in [-0.4, -0.2) is 16.0 Å². The highest BCUT2D eigenvalue weighted by molar-refractivity contribution is 6.33. The van der Waals surface area contributed by atoms with Crippen LogP contribution in [-0.2, 0) is 0 Å². The van der Waals surface area contributed by atoms with E-state index in [1.54, 1.807) is 0 Å². The van der Waals surface area contributed by atoms with Gasteiger partial charge in [0.25, 0.3) is 0 Å². The average molecular weight is 305 g/mol. The number of hydrogen-bond acceptors (Lipinski definition) is 4. The molecule has 0 fully saturated rings. The van der Waals surface area contributed by atoms with Crippen LogP contribution in [0.2, 0.25) is 5.02 Å². The highest BCUT2D eigenvalue weighted by atomic mass is 35.5. The Morgan fingerprint density at radius 3 is 2.29 bits per heavy atom. The summed E-state index contributed by atoms with van der Waals surface area (Å²) in [6.07, 6.45) is 0. The van der Waals surface area contributed by atoms with Crippen LogP contribution in [0.5, 0.6) is 0 Å². The normalized spacial score (nSPS) is 10.8. The number of aromatic nitrogens is 2. The third kappa shape index (κ3) is 4.08. The van der Waals surface area contributed by atoms with Crippen molar-refractivity contribution in [3.8, 4) is 0 Å². The number of hydrogen-bond donors (Lipinski definition) is 2. The lowest BCUT2D eigenvalue weighted by Crippen LogP contribution is -2.12. The molecule has 1 aromatic carbocycles. The number of nitrogens with zero attached hydrogens (tertiary/aromatic N) is 2. The van der Waals surface area contributed by atoms with Crippen LogP contribution in [0.4, 0.5) is 17.3 Å². The predicted octanol–water partition coefficient (Wildman–Crippen LogP) is 4.62. The van der Waals surface area contributed by atoms with Crippen LogP contribution in [0.15, 0.2) is 18.2 Å². The number of benzene rings is 1. The summed E-state index contributed by atoms with van der Waals surface area (Å²) < 4.78 is 0. The fourth-order valence-electron chi connectivity index (χ4n) is 2.20. The lowest BCUT2D eigenvalue weighted by molar-refractivity contribution is 0.881. The second-order valence-electron chi connectivity index (χ2n) is 5.55. The minimum absolute atomic E-state index is 0.317. The summed E-state index contributed by atoms with van der Waals surface area (Å²) in [5, 5.41) is 7.28. The summed E-state index contributed by atoms with van der Waals surface area (Å²) in [6, 6.07) is 6.24. The summed E-state index contributed by atoms with van der Waals surface area (Å²) in [5.74, 6) is 2.25. The van der Waals surface area contributed by atoms with Gasteiger partial charge in [0.1, 0.15) is 17.5 Å². The number of rotatable bonds is 4. The molecule has 0 amide bonds. The predicted molar refractivity (Wildman–Crippen MR) is 89.7 cm³/mol. The van der Waals surface area contributed by atoms with Crippen LogP contribution in [0.25, 0.3) is 0 Å². The van der Waals surface area contributed by atoms with E-state index in [0.29, 0.717) is 16.9 Å². The Labute approximate surface area is 131 Å². The Kier molecular flexibility index (Phi) is 4.68. The second kappa shape index (κ2) is 6.31. The maximum Gasteiger partial charge on any atom is 0.136 e. The molecule has 1 heterocycles. The first-order chi connectivity index (χ1) is 9.85. The van der Waals surface area contributed by atoms with E-state index in [0.717, 1.165) is 28.5 Å². The van der Waals surface area contributed by atoms with E-state index < -0.39 is 0 Å². The van der Waals surface area contributed by atoms with Gasteiger partial charge in [0.2, 0.25) is 0 Å². The molecule has 112 valence electrons. The number of aryl methyl sites for hydroxylation is 3. The van der Waals surface area contributed by atoms with Crippen molar-refractivity contribution in [1.29, 1.82) is 0 Å². The molecule has 0 aliphatic heterocycles. The molecule has 0 radical (unpaired) electrons. The van der Waals surface area contributed by atoms with Gasteiger partial charge in [-0.25, -0.2) is 9.97 Å². The molecule has 1 aromatic heterocycles. The zero-order valence-corrected chi connectivity index (χ0v) is 13.8. The first-order valence-electron chi connectivity index (χ1n) is 7.01. The molecule has 0 saturated carbocycles. The van der Waals surface area contributed by atoms with Crippen molar-refractivity contribution in [3.63, 3.8) is 0 Å². The van der Waals surface area contributed by atoms with Gasteiger partial charge in [-0.2, -0.15) is 0 Å². The monoisotopic (exact) mass is 304 g/mol. The zero-order chi connectivity index (χ0) is 15.6. The van der Waals surface area contributed by atoms with Gasteiger partial charge in [0, 0.05) is 12.1 Å². The first kappa shape index (κ1) is 15.6. The van der Waals surface area contributed by atoms with Crippen LogP contribution in [0.1, 0.15) is 30.8 Å². The van der Waals surface area contributed by atoms with Crippen molar-refractivity contribution in [2.45, 2.75) is 40.7 Å². The SMILES string of the molecule is Cc1cc(C)c(Nc2cc(NC(C)C)nc(C)n2)c(Cl)c1. The lowest BCUT2D eigenvalue weighted by Gasteiger charge is -2.14. The third-order valence-electron chi connectivity index (χ3n) is 2.96. The van der Waals surface area contributed by atoms with Crippen molar-refractivity contribution in [2.75, 3.05) is 10.6 Å². The minimum Gasteiger partial charge on any atom is -0.368 e. The standard InChI is InChI=1S/C16H21ClN4/c1-9(2)18-14-8-15(20-12(5)19-14)21-16-11(4)6-10(3)7-13(16)17/h6-9H,1-5H3,(H2,18,19,20,21). The van der Waals surface area contributed by atoms with Crippen molar-refractivity contribution >= 4 is 28.9 Å². The smallest absolute Gasteiger partial charge is 0.136 e. The fourth-order valence-corrected chi connectivity index (χ4v) is 2.57. The zero-order valence-electron chi connectivity index (χ0n) is 13.1.